The molecule has 19 heavy (non-hydrogen) atoms. The molecule has 0 radical (unpaired) electrons. The van der Waals surface area contributed by atoms with Gasteiger partial charge in [-0.2, -0.15) is 0 Å². The Kier molecular flexibility index (Phi) is 3.55. The number of carbonyl (C=O) groups excluding carboxylic acids is 1. The first-order chi connectivity index (χ1) is 8.96. The predicted molar refractivity (Wildman–Crippen MR) is 73.4 cm³/mol. The van der Waals surface area contributed by atoms with E-state index < -0.39 is 11.7 Å². The van der Waals surface area contributed by atoms with Crippen molar-refractivity contribution in [3.8, 4) is 5.69 Å². The molecule has 2 aromatic rings. The molecule has 0 saturated heterocycles. The van der Waals surface area contributed by atoms with Crippen LogP contribution in [0.2, 0.25) is 0 Å². The van der Waals surface area contributed by atoms with Crippen LogP contribution in [0.15, 0.2) is 43.0 Å². The highest BCUT2D eigenvalue weighted by Gasteiger charge is 2.17. The largest absolute Gasteiger partial charge is 0.444 e. The van der Waals surface area contributed by atoms with Crippen LogP contribution in [0, 0.1) is 0 Å². The highest BCUT2D eigenvalue weighted by atomic mass is 16.6. The maximum absolute atomic E-state index is 11.8. The molecule has 0 aliphatic carbocycles. The van der Waals surface area contributed by atoms with Crippen molar-refractivity contribution in [1.82, 2.24) is 9.55 Å². The summed E-state index contributed by atoms with van der Waals surface area (Å²) in [6, 6.07) is 7.47. The Hall–Kier alpha value is -2.30. The van der Waals surface area contributed by atoms with Crippen molar-refractivity contribution in [3.05, 3.63) is 43.0 Å². The van der Waals surface area contributed by atoms with E-state index in [2.05, 4.69) is 10.3 Å². The molecule has 2 rings (SSSR count). The lowest BCUT2D eigenvalue weighted by Crippen LogP contribution is -2.27. The average molecular weight is 259 g/mol. The lowest BCUT2D eigenvalue weighted by molar-refractivity contribution is 0.0636. The molecule has 0 aliphatic rings. The highest BCUT2D eigenvalue weighted by Crippen LogP contribution is 2.20. The summed E-state index contributed by atoms with van der Waals surface area (Å²) in [4.78, 5) is 15.8. The van der Waals surface area contributed by atoms with E-state index in [-0.39, 0.29) is 0 Å². The number of imidazole rings is 1. The number of para-hydroxylation sites is 2. The Morgan fingerprint density at radius 2 is 2.05 bits per heavy atom. The smallest absolute Gasteiger partial charge is 0.412 e. The fourth-order valence-electron chi connectivity index (χ4n) is 1.62. The van der Waals surface area contributed by atoms with Gasteiger partial charge in [-0.15, -0.1) is 0 Å². The molecule has 1 aromatic carbocycles. The van der Waals surface area contributed by atoms with Gasteiger partial charge in [0.05, 0.1) is 17.7 Å². The van der Waals surface area contributed by atoms with E-state index in [1.807, 2.05) is 55.8 Å². The second-order valence-electron chi connectivity index (χ2n) is 5.11. The minimum absolute atomic E-state index is 0.472. The van der Waals surface area contributed by atoms with Gasteiger partial charge in [0.1, 0.15) is 5.60 Å². The first-order valence-electron chi connectivity index (χ1n) is 6.03. The lowest BCUT2D eigenvalue weighted by atomic mass is 10.2. The van der Waals surface area contributed by atoms with E-state index in [0.717, 1.165) is 5.69 Å². The molecule has 0 unspecified atom stereocenters. The number of anilines is 1. The van der Waals surface area contributed by atoms with Crippen LogP contribution >= 0.6 is 0 Å². The maximum Gasteiger partial charge on any atom is 0.412 e. The Morgan fingerprint density at radius 3 is 2.68 bits per heavy atom. The number of nitrogens with one attached hydrogen (secondary N) is 1. The van der Waals surface area contributed by atoms with E-state index in [9.17, 15) is 4.79 Å². The Labute approximate surface area is 112 Å². The summed E-state index contributed by atoms with van der Waals surface area (Å²) < 4.78 is 7.07. The Bertz CT molecular complexity index is 556. The van der Waals surface area contributed by atoms with Gasteiger partial charge in [0.2, 0.25) is 0 Å². The van der Waals surface area contributed by atoms with E-state index in [0.29, 0.717) is 5.69 Å². The molecule has 0 bridgehead atoms. The zero-order chi connectivity index (χ0) is 13.9. The Morgan fingerprint density at radius 1 is 1.32 bits per heavy atom. The number of hydrogen-bond donors (Lipinski definition) is 1. The molecule has 0 aliphatic heterocycles. The molecule has 1 N–H and O–H groups in total. The van der Waals surface area contributed by atoms with Gasteiger partial charge >= 0.3 is 6.09 Å². The van der Waals surface area contributed by atoms with E-state index in [4.69, 9.17) is 4.74 Å². The number of benzene rings is 1. The maximum atomic E-state index is 11.8. The van der Waals surface area contributed by atoms with Crippen LogP contribution in [-0.4, -0.2) is 21.2 Å². The minimum atomic E-state index is -0.520. The topological polar surface area (TPSA) is 56.1 Å². The van der Waals surface area contributed by atoms with Crippen molar-refractivity contribution in [2.24, 2.45) is 0 Å². The van der Waals surface area contributed by atoms with Crippen molar-refractivity contribution in [2.45, 2.75) is 26.4 Å². The minimum Gasteiger partial charge on any atom is -0.444 e. The van der Waals surface area contributed by atoms with Gasteiger partial charge in [0, 0.05) is 12.4 Å². The zero-order valence-corrected chi connectivity index (χ0v) is 11.3. The molecule has 100 valence electrons. The number of aromatic nitrogens is 2. The van der Waals surface area contributed by atoms with Crippen LogP contribution in [0.5, 0.6) is 0 Å². The van der Waals surface area contributed by atoms with Crippen molar-refractivity contribution in [1.29, 1.82) is 0 Å². The third-order valence-electron chi connectivity index (χ3n) is 2.32. The standard InChI is InChI=1S/C14H17N3O2/c1-14(2,3)19-13(18)16-11-6-4-5-7-12(11)17-9-8-15-10-17/h4-10H,1-3H3,(H,16,18). The van der Waals surface area contributed by atoms with E-state index >= 15 is 0 Å². The quantitative estimate of drug-likeness (QED) is 0.900. The number of carbonyl (C=O) groups is 1. The van der Waals surface area contributed by atoms with Gasteiger partial charge in [-0.25, -0.2) is 9.78 Å². The summed E-state index contributed by atoms with van der Waals surface area (Å²) in [6.45, 7) is 5.48. The van der Waals surface area contributed by atoms with Gasteiger partial charge in [-0.1, -0.05) is 12.1 Å². The van der Waals surface area contributed by atoms with Crippen LogP contribution in [-0.2, 0) is 4.74 Å². The molecule has 1 aromatic heterocycles. The summed E-state index contributed by atoms with van der Waals surface area (Å²) >= 11 is 0. The highest BCUT2D eigenvalue weighted by molar-refractivity contribution is 5.87. The number of hydrogen-bond acceptors (Lipinski definition) is 3. The number of rotatable bonds is 2. The average Bonchev–Trinajstić information content (AvgIpc) is 2.80. The zero-order valence-electron chi connectivity index (χ0n) is 11.3. The number of ether oxygens (including phenoxy) is 1. The van der Waals surface area contributed by atoms with Gasteiger partial charge in [-0.05, 0) is 32.9 Å². The fourth-order valence-corrected chi connectivity index (χ4v) is 1.62. The first-order valence-corrected chi connectivity index (χ1v) is 6.03. The Balaban J connectivity index is 2.20. The van der Waals surface area contributed by atoms with Crippen LogP contribution in [0.1, 0.15) is 20.8 Å². The van der Waals surface area contributed by atoms with Gasteiger partial charge < -0.3 is 9.30 Å². The van der Waals surface area contributed by atoms with E-state index in [1.165, 1.54) is 0 Å². The van der Waals surface area contributed by atoms with Crippen LogP contribution in [0.25, 0.3) is 5.69 Å². The molecular weight excluding hydrogens is 242 g/mol. The van der Waals surface area contributed by atoms with Crippen molar-refractivity contribution < 1.29 is 9.53 Å². The second-order valence-corrected chi connectivity index (χ2v) is 5.11. The summed E-state index contributed by atoms with van der Waals surface area (Å²) in [5.41, 5.74) is 0.995. The van der Waals surface area contributed by atoms with Gasteiger partial charge in [0.15, 0.2) is 0 Å². The predicted octanol–water partition coefficient (Wildman–Crippen LogP) is 3.22. The molecule has 0 saturated carbocycles. The normalized spacial score (nSPS) is 11.1. The second kappa shape index (κ2) is 5.14. The summed E-state index contributed by atoms with van der Waals surface area (Å²) in [5.74, 6) is 0. The van der Waals surface area contributed by atoms with Crippen molar-refractivity contribution in [2.75, 3.05) is 5.32 Å². The summed E-state index contributed by atoms with van der Waals surface area (Å²) in [6.07, 6.45) is 4.70. The van der Waals surface area contributed by atoms with Crippen LogP contribution < -0.4 is 5.32 Å². The van der Waals surface area contributed by atoms with Gasteiger partial charge in [-0.3, -0.25) is 5.32 Å². The number of amides is 1. The molecule has 5 heteroatoms. The van der Waals surface area contributed by atoms with Crippen molar-refractivity contribution >= 4 is 11.8 Å². The molecule has 0 fully saturated rings. The molecule has 1 heterocycles. The monoisotopic (exact) mass is 259 g/mol. The van der Waals surface area contributed by atoms with Gasteiger partial charge in [0.25, 0.3) is 0 Å². The summed E-state index contributed by atoms with van der Waals surface area (Å²) in [7, 11) is 0. The third-order valence-corrected chi connectivity index (χ3v) is 2.32. The third kappa shape index (κ3) is 3.58. The van der Waals surface area contributed by atoms with Crippen LogP contribution in [0.3, 0.4) is 0 Å². The summed E-state index contributed by atoms with van der Waals surface area (Å²) in [5, 5.41) is 2.75. The SMILES string of the molecule is CC(C)(C)OC(=O)Nc1ccccc1-n1ccnc1. The molecular formula is C14H17N3O2. The molecule has 0 atom stereocenters. The molecule has 5 nitrogen and oxygen atoms in total. The first kappa shape index (κ1) is 13.1. The van der Waals surface area contributed by atoms with Crippen LogP contribution in [0.4, 0.5) is 10.5 Å². The van der Waals surface area contributed by atoms with E-state index in [1.54, 1.807) is 12.5 Å². The molecule has 1 amide bonds. The van der Waals surface area contributed by atoms with Crippen molar-refractivity contribution in [3.63, 3.8) is 0 Å². The lowest BCUT2D eigenvalue weighted by Gasteiger charge is -2.20. The number of nitrogens with zero attached hydrogens (tertiary/aromatic N) is 2. The molecule has 0 spiro atoms. The fraction of sp³-hybridized carbons (Fsp3) is 0.286.